The topological polar surface area (TPSA) is 75.2 Å². The number of halogens is 1. The minimum Gasteiger partial charge on any atom is -0.494 e. The summed E-state index contributed by atoms with van der Waals surface area (Å²) in [5, 5.41) is 8.54. The Hall–Kier alpha value is -2.01. The average molecular weight is 570 g/mol. The van der Waals surface area contributed by atoms with Gasteiger partial charge in [0.25, 0.3) is 0 Å². The van der Waals surface area contributed by atoms with Gasteiger partial charge in [-0.2, -0.15) is 0 Å². The van der Waals surface area contributed by atoms with Gasteiger partial charge in [-0.25, -0.2) is 0 Å². The molecule has 0 radical (unpaired) electrons. The maximum atomic E-state index is 12.7. The molecule has 0 spiro atoms. The Bertz CT molecular complexity index is 978. The molecule has 32 heavy (non-hydrogen) atoms. The molecule has 4 rings (SSSR count). The Morgan fingerprint density at radius 1 is 1.34 bits per heavy atom. The van der Waals surface area contributed by atoms with Crippen molar-refractivity contribution in [3.8, 4) is 11.5 Å². The standard InChI is InChI=1S/C23H30N4O3S.HI/c1-4-29-19-10-17-9-15(2)30-20(17)11-18(19)12-25-23(24-3)26-13-22(28)27-7-5-21-16(14-27)6-8-31-21;/h6,8,10-11,15H,4-5,7,9,12-14H2,1-3H3,(H2,24,25,26);1H. The highest BCUT2D eigenvalue weighted by Crippen LogP contribution is 2.35. The molecule has 0 saturated carbocycles. The largest absolute Gasteiger partial charge is 0.494 e. The fourth-order valence-corrected chi connectivity index (χ4v) is 4.93. The number of hydrogen-bond acceptors (Lipinski definition) is 5. The Labute approximate surface area is 210 Å². The summed E-state index contributed by atoms with van der Waals surface area (Å²) in [7, 11) is 1.70. The van der Waals surface area contributed by atoms with E-state index in [1.807, 2.05) is 17.9 Å². The molecule has 1 atom stereocenters. The highest BCUT2D eigenvalue weighted by Gasteiger charge is 2.23. The molecule has 0 aliphatic carbocycles. The maximum absolute atomic E-state index is 12.7. The molecule has 3 heterocycles. The zero-order valence-corrected chi connectivity index (χ0v) is 21.9. The smallest absolute Gasteiger partial charge is 0.242 e. The number of ether oxygens (including phenoxy) is 2. The van der Waals surface area contributed by atoms with Gasteiger partial charge in [0, 0.05) is 49.1 Å². The van der Waals surface area contributed by atoms with Gasteiger partial charge < -0.3 is 25.0 Å². The van der Waals surface area contributed by atoms with Crippen LogP contribution in [-0.2, 0) is 30.7 Å². The third-order valence-electron chi connectivity index (χ3n) is 5.62. The third kappa shape index (κ3) is 5.67. The van der Waals surface area contributed by atoms with Crippen molar-refractivity contribution in [3.63, 3.8) is 0 Å². The van der Waals surface area contributed by atoms with Crippen molar-refractivity contribution in [2.24, 2.45) is 4.99 Å². The van der Waals surface area contributed by atoms with E-state index in [2.05, 4.69) is 40.1 Å². The number of hydrogen-bond donors (Lipinski definition) is 2. The lowest BCUT2D eigenvalue weighted by molar-refractivity contribution is -0.130. The van der Waals surface area contributed by atoms with Crippen molar-refractivity contribution in [3.05, 3.63) is 45.1 Å². The summed E-state index contributed by atoms with van der Waals surface area (Å²) < 4.78 is 11.7. The minimum atomic E-state index is 0. The van der Waals surface area contributed by atoms with Gasteiger partial charge in [0.15, 0.2) is 5.96 Å². The highest BCUT2D eigenvalue weighted by molar-refractivity contribution is 14.0. The van der Waals surface area contributed by atoms with Crippen LogP contribution < -0.4 is 20.1 Å². The van der Waals surface area contributed by atoms with Crippen LogP contribution in [0.5, 0.6) is 11.5 Å². The molecule has 9 heteroatoms. The first-order valence-electron chi connectivity index (χ1n) is 10.8. The average Bonchev–Trinajstić information content (AvgIpc) is 3.38. The Balaban J connectivity index is 0.00000289. The second-order valence-electron chi connectivity index (χ2n) is 7.85. The van der Waals surface area contributed by atoms with Crippen LogP contribution in [0.4, 0.5) is 0 Å². The molecule has 0 saturated heterocycles. The molecule has 1 unspecified atom stereocenters. The summed E-state index contributed by atoms with van der Waals surface area (Å²) in [6.45, 7) is 6.85. The van der Waals surface area contributed by atoms with E-state index in [-0.39, 0.29) is 42.5 Å². The lowest BCUT2D eigenvalue weighted by Crippen LogP contribution is -2.45. The van der Waals surface area contributed by atoms with Crippen molar-refractivity contribution in [2.75, 3.05) is 26.7 Å². The SMILES string of the molecule is CCOc1cc2c(cc1CNC(=NC)NCC(=O)N1CCc3sccc3C1)OC(C)C2.I. The molecular formula is C23H31IN4O3S. The molecule has 1 aromatic carbocycles. The number of guanidine groups is 1. The quantitative estimate of drug-likeness (QED) is 0.317. The van der Waals surface area contributed by atoms with E-state index in [4.69, 9.17) is 9.47 Å². The van der Waals surface area contributed by atoms with Gasteiger partial charge in [0.1, 0.15) is 17.6 Å². The summed E-state index contributed by atoms with van der Waals surface area (Å²) in [4.78, 5) is 20.2. The molecule has 2 aliphatic heterocycles. The summed E-state index contributed by atoms with van der Waals surface area (Å²) >= 11 is 1.78. The Kier molecular flexibility index (Phi) is 8.64. The van der Waals surface area contributed by atoms with Crippen LogP contribution in [0.2, 0.25) is 0 Å². The summed E-state index contributed by atoms with van der Waals surface area (Å²) in [6.07, 6.45) is 2.02. The normalized spacial score (nSPS) is 17.0. The molecule has 2 aromatic rings. The second kappa shape index (κ2) is 11.2. The highest BCUT2D eigenvalue weighted by atomic mass is 127. The van der Waals surface area contributed by atoms with Crippen molar-refractivity contribution in [1.29, 1.82) is 0 Å². The van der Waals surface area contributed by atoms with Gasteiger partial charge in [-0.05, 0) is 49.4 Å². The number of nitrogens with zero attached hydrogens (tertiary/aromatic N) is 2. The van der Waals surface area contributed by atoms with Crippen molar-refractivity contribution in [2.45, 2.75) is 45.9 Å². The van der Waals surface area contributed by atoms with Crippen LogP contribution in [0.1, 0.15) is 35.4 Å². The molecule has 2 N–H and O–H groups in total. The first-order valence-corrected chi connectivity index (χ1v) is 11.7. The minimum absolute atomic E-state index is 0. The molecule has 7 nitrogen and oxygen atoms in total. The number of carbonyl (C=O) groups is 1. The van der Waals surface area contributed by atoms with Gasteiger partial charge >= 0.3 is 0 Å². The third-order valence-corrected chi connectivity index (χ3v) is 6.64. The summed E-state index contributed by atoms with van der Waals surface area (Å²) in [6, 6.07) is 6.24. The summed E-state index contributed by atoms with van der Waals surface area (Å²) in [5.74, 6) is 2.44. The van der Waals surface area contributed by atoms with Gasteiger partial charge in [-0.3, -0.25) is 9.79 Å². The molecule has 1 aromatic heterocycles. The van der Waals surface area contributed by atoms with E-state index >= 15 is 0 Å². The van der Waals surface area contributed by atoms with Crippen molar-refractivity contribution in [1.82, 2.24) is 15.5 Å². The van der Waals surface area contributed by atoms with Crippen LogP contribution in [-0.4, -0.2) is 49.6 Å². The maximum Gasteiger partial charge on any atom is 0.242 e. The van der Waals surface area contributed by atoms with Crippen molar-refractivity contribution >= 4 is 47.2 Å². The first kappa shape index (κ1) is 24.6. The summed E-state index contributed by atoms with van der Waals surface area (Å²) in [5.41, 5.74) is 3.46. The van der Waals surface area contributed by atoms with Crippen LogP contribution in [0.15, 0.2) is 28.6 Å². The van der Waals surface area contributed by atoms with E-state index in [9.17, 15) is 4.79 Å². The number of carbonyl (C=O) groups excluding carboxylic acids is 1. The zero-order chi connectivity index (χ0) is 21.8. The Morgan fingerprint density at radius 2 is 2.19 bits per heavy atom. The van der Waals surface area contributed by atoms with E-state index in [0.717, 1.165) is 36.4 Å². The Morgan fingerprint density at radius 3 is 2.97 bits per heavy atom. The van der Waals surface area contributed by atoms with E-state index < -0.39 is 0 Å². The van der Waals surface area contributed by atoms with Crippen LogP contribution in [0.25, 0.3) is 0 Å². The number of nitrogens with one attached hydrogen (secondary N) is 2. The molecule has 2 aliphatic rings. The van der Waals surface area contributed by atoms with E-state index in [0.29, 0.717) is 25.7 Å². The predicted molar refractivity (Wildman–Crippen MR) is 138 cm³/mol. The second-order valence-corrected chi connectivity index (χ2v) is 8.85. The number of aliphatic imine (C=N–C) groups is 1. The molecule has 0 fully saturated rings. The van der Waals surface area contributed by atoms with Crippen LogP contribution in [0, 0.1) is 0 Å². The van der Waals surface area contributed by atoms with Crippen molar-refractivity contribution < 1.29 is 14.3 Å². The first-order chi connectivity index (χ1) is 15.1. The number of fused-ring (bicyclic) bond motifs is 2. The number of amides is 1. The molecule has 174 valence electrons. The van der Waals surface area contributed by atoms with Gasteiger partial charge in [-0.15, -0.1) is 35.3 Å². The lowest BCUT2D eigenvalue weighted by atomic mass is 10.1. The van der Waals surface area contributed by atoms with Gasteiger partial charge in [0.2, 0.25) is 5.91 Å². The predicted octanol–water partition coefficient (Wildman–Crippen LogP) is 3.34. The van der Waals surface area contributed by atoms with E-state index in [1.54, 1.807) is 18.4 Å². The lowest BCUT2D eigenvalue weighted by Gasteiger charge is -2.27. The fraction of sp³-hybridized carbons (Fsp3) is 0.478. The van der Waals surface area contributed by atoms with Gasteiger partial charge in [-0.1, -0.05) is 0 Å². The number of thiophene rings is 1. The molecule has 1 amide bonds. The van der Waals surface area contributed by atoms with E-state index in [1.165, 1.54) is 16.0 Å². The number of benzene rings is 1. The monoisotopic (exact) mass is 570 g/mol. The fourth-order valence-electron chi connectivity index (χ4n) is 4.04. The molecular weight excluding hydrogens is 539 g/mol. The van der Waals surface area contributed by atoms with Gasteiger partial charge in [0.05, 0.1) is 13.2 Å². The molecule has 0 bridgehead atoms. The zero-order valence-electron chi connectivity index (χ0n) is 18.8. The van der Waals surface area contributed by atoms with Crippen LogP contribution >= 0.6 is 35.3 Å². The number of rotatable bonds is 6. The van der Waals surface area contributed by atoms with Crippen LogP contribution in [0.3, 0.4) is 0 Å².